The average molecular weight is 372 g/mol. The van der Waals surface area contributed by atoms with Crippen LogP contribution in [0, 0.1) is 0 Å². The average Bonchev–Trinajstić information content (AvgIpc) is 3.30. The maximum absolute atomic E-state index is 12.0. The first-order valence-corrected chi connectivity index (χ1v) is 8.61. The molecule has 9 heteroatoms. The van der Waals surface area contributed by atoms with Gasteiger partial charge in [0.1, 0.15) is 6.61 Å². The van der Waals surface area contributed by atoms with Crippen LogP contribution in [0.1, 0.15) is 23.8 Å². The van der Waals surface area contributed by atoms with Gasteiger partial charge >= 0.3 is 12.1 Å². The smallest absolute Gasteiger partial charge is 0.409 e. The molecule has 1 N–H and O–H groups in total. The molecule has 1 saturated heterocycles. The highest BCUT2D eigenvalue weighted by atomic mass is 16.6. The Kier molecular flexibility index (Phi) is 5.70. The number of nitrogens with zero attached hydrogens (tertiary/aromatic N) is 3. The van der Waals surface area contributed by atoms with Gasteiger partial charge in [0.15, 0.2) is 5.69 Å². The molecule has 1 fully saturated rings. The van der Waals surface area contributed by atoms with Gasteiger partial charge in [-0.2, -0.15) is 5.10 Å². The van der Waals surface area contributed by atoms with Gasteiger partial charge in [-0.3, -0.25) is 4.79 Å². The molecule has 0 aliphatic carbocycles. The Labute approximate surface area is 155 Å². The van der Waals surface area contributed by atoms with E-state index in [0.717, 1.165) is 5.69 Å². The van der Waals surface area contributed by atoms with Gasteiger partial charge in [0.05, 0.1) is 18.8 Å². The van der Waals surface area contributed by atoms with Gasteiger partial charge in [-0.25, -0.2) is 14.3 Å². The minimum atomic E-state index is -0.470. The van der Waals surface area contributed by atoms with Crippen LogP contribution >= 0.6 is 0 Å². The number of rotatable bonds is 7. The van der Waals surface area contributed by atoms with Crippen LogP contribution in [0.15, 0.2) is 36.5 Å². The van der Waals surface area contributed by atoms with Crippen molar-refractivity contribution in [3.63, 3.8) is 0 Å². The van der Waals surface area contributed by atoms with Crippen LogP contribution in [0.25, 0.3) is 5.69 Å². The second-order valence-corrected chi connectivity index (χ2v) is 5.81. The van der Waals surface area contributed by atoms with Crippen molar-refractivity contribution in [1.82, 2.24) is 14.7 Å². The molecule has 1 aliphatic heterocycles. The van der Waals surface area contributed by atoms with E-state index in [0.29, 0.717) is 32.0 Å². The summed E-state index contributed by atoms with van der Waals surface area (Å²) in [4.78, 5) is 36.5. The molecule has 0 radical (unpaired) electrons. The quantitative estimate of drug-likeness (QED) is 0.744. The molecule has 2 amide bonds. The first-order chi connectivity index (χ1) is 13.1. The van der Waals surface area contributed by atoms with Crippen molar-refractivity contribution in [2.24, 2.45) is 0 Å². The summed E-state index contributed by atoms with van der Waals surface area (Å²) in [5.74, 6) is -0.659. The fraction of sp³-hybridized carbons (Fsp3) is 0.333. The molecule has 142 valence electrons. The van der Waals surface area contributed by atoms with Gasteiger partial charge in [-0.05, 0) is 37.3 Å². The van der Waals surface area contributed by atoms with Crippen LogP contribution in [0.2, 0.25) is 0 Å². The predicted molar refractivity (Wildman–Crippen MR) is 95.7 cm³/mol. The summed E-state index contributed by atoms with van der Waals surface area (Å²) < 4.78 is 11.3. The standard InChI is InChI=1S/C18H20N4O5/c1-2-26-17(24)15-7-10-22(20-15)14-5-3-13(4-6-14)19-16(23)8-9-21-11-12-27-18(21)25/h3-7,10H,2,8-9,11-12H2,1H3,(H,19,23). The van der Waals surface area contributed by atoms with E-state index in [1.54, 1.807) is 48.1 Å². The summed E-state index contributed by atoms with van der Waals surface area (Å²) in [6.45, 7) is 3.23. The van der Waals surface area contributed by atoms with Crippen LogP contribution < -0.4 is 5.32 Å². The molecule has 2 aromatic rings. The molecule has 0 unspecified atom stereocenters. The van der Waals surface area contributed by atoms with E-state index in [-0.39, 0.29) is 24.1 Å². The highest BCUT2D eigenvalue weighted by Gasteiger charge is 2.22. The predicted octanol–water partition coefficient (Wildman–Crippen LogP) is 1.83. The molecular formula is C18H20N4O5. The lowest BCUT2D eigenvalue weighted by Crippen LogP contribution is -2.28. The highest BCUT2D eigenvalue weighted by molar-refractivity contribution is 5.91. The first-order valence-electron chi connectivity index (χ1n) is 8.61. The number of carbonyl (C=O) groups is 3. The largest absolute Gasteiger partial charge is 0.461 e. The number of benzene rings is 1. The SMILES string of the molecule is CCOC(=O)c1ccn(-c2ccc(NC(=O)CCN3CCOC3=O)cc2)n1. The number of amides is 2. The van der Waals surface area contributed by atoms with Crippen molar-refractivity contribution in [2.75, 3.05) is 31.6 Å². The molecule has 2 heterocycles. The van der Waals surface area contributed by atoms with Crippen LogP contribution in [0.4, 0.5) is 10.5 Å². The van der Waals surface area contributed by atoms with E-state index in [1.807, 2.05) is 0 Å². The third kappa shape index (κ3) is 4.63. The van der Waals surface area contributed by atoms with Crippen molar-refractivity contribution < 1.29 is 23.9 Å². The van der Waals surface area contributed by atoms with E-state index < -0.39 is 5.97 Å². The molecular weight excluding hydrogens is 352 g/mol. The molecule has 1 aliphatic rings. The maximum Gasteiger partial charge on any atom is 0.409 e. The van der Waals surface area contributed by atoms with Crippen LogP contribution in [0.5, 0.6) is 0 Å². The zero-order chi connectivity index (χ0) is 19.2. The Morgan fingerprint density at radius 3 is 2.70 bits per heavy atom. The van der Waals surface area contributed by atoms with E-state index in [1.165, 1.54) is 4.90 Å². The minimum Gasteiger partial charge on any atom is -0.461 e. The third-order valence-electron chi connectivity index (χ3n) is 3.94. The van der Waals surface area contributed by atoms with Crippen molar-refractivity contribution in [1.29, 1.82) is 0 Å². The first kappa shape index (κ1) is 18.4. The molecule has 0 bridgehead atoms. The number of aromatic nitrogens is 2. The molecule has 0 saturated carbocycles. The van der Waals surface area contributed by atoms with E-state index >= 15 is 0 Å². The Bertz CT molecular complexity index is 831. The molecule has 0 atom stereocenters. The molecule has 3 rings (SSSR count). The Morgan fingerprint density at radius 2 is 2.04 bits per heavy atom. The zero-order valence-corrected chi connectivity index (χ0v) is 14.9. The number of carbonyl (C=O) groups excluding carboxylic acids is 3. The lowest BCUT2D eigenvalue weighted by Gasteiger charge is -2.12. The van der Waals surface area contributed by atoms with E-state index in [9.17, 15) is 14.4 Å². The topological polar surface area (TPSA) is 103 Å². The number of nitrogens with one attached hydrogen (secondary N) is 1. The number of hydrogen-bond donors (Lipinski definition) is 1. The van der Waals surface area contributed by atoms with Gasteiger partial charge in [0.25, 0.3) is 0 Å². The maximum atomic E-state index is 12.0. The lowest BCUT2D eigenvalue weighted by molar-refractivity contribution is -0.116. The Morgan fingerprint density at radius 1 is 1.26 bits per heavy atom. The van der Waals surface area contributed by atoms with Crippen LogP contribution in [-0.2, 0) is 14.3 Å². The number of anilines is 1. The van der Waals surface area contributed by atoms with Crippen molar-refractivity contribution in [2.45, 2.75) is 13.3 Å². The molecule has 0 spiro atoms. The fourth-order valence-corrected chi connectivity index (χ4v) is 2.57. The van der Waals surface area contributed by atoms with Crippen LogP contribution in [-0.4, -0.2) is 59.0 Å². The molecule has 27 heavy (non-hydrogen) atoms. The molecule has 1 aromatic carbocycles. The van der Waals surface area contributed by atoms with Crippen LogP contribution in [0.3, 0.4) is 0 Å². The summed E-state index contributed by atoms with van der Waals surface area (Å²) >= 11 is 0. The van der Waals surface area contributed by atoms with Crippen molar-refractivity contribution >= 4 is 23.7 Å². The Balaban J connectivity index is 1.54. The van der Waals surface area contributed by atoms with Gasteiger partial charge in [-0.15, -0.1) is 0 Å². The number of esters is 1. The highest BCUT2D eigenvalue weighted by Crippen LogP contribution is 2.14. The monoisotopic (exact) mass is 372 g/mol. The summed E-state index contributed by atoms with van der Waals surface area (Å²) in [5.41, 5.74) is 1.60. The summed E-state index contributed by atoms with van der Waals surface area (Å²) in [7, 11) is 0. The van der Waals surface area contributed by atoms with Gasteiger partial charge in [0.2, 0.25) is 5.91 Å². The van der Waals surface area contributed by atoms with E-state index in [2.05, 4.69) is 10.4 Å². The molecule has 1 aromatic heterocycles. The zero-order valence-electron chi connectivity index (χ0n) is 14.9. The number of cyclic esters (lactones) is 1. The summed E-state index contributed by atoms with van der Waals surface area (Å²) in [5, 5.41) is 6.95. The second kappa shape index (κ2) is 8.35. The minimum absolute atomic E-state index is 0.189. The Hall–Kier alpha value is -3.36. The van der Waals surface area contributed by atoms with E-state index in [4.69, 9.17) is 9.47 Å². The number of hydrogen-bond acceptors (Lipinski definition) is 6. The fourth-order valence-electron chi connectivity index (χ4n) is 2.57. The summed E-state index contributed by atoms with van der Waals surface area (Å²) in [6, 6.07) is 8.61. The molecule has 9 nitrogen and oxygen atoms in total. The van der Waals surface area contributed by atoms with Gasteiger partial charge < -0.3 is 19.7 Å². The van der Waals surface area contributed by atoms with Gasteiger partial charge in [-0.1, -0.05) is 0 Å². The van der Waals surface area contributed by atoms with Gasteiger partial charge in [0, 0.05) is 24.8 Å². The summed E-state index contributed by atoms with van der Waals surface area (Å²) in [6.07, 6.45) is 1.47. The second-order valence-electron chi connectivity index (χ2n) is 5.81. The third-order valence-corrected chi connectivity index (χ3v) is 3.94. The van der Waals surface area contributed by atoms with Crippen molar-refractivity contribution in [3.8, 4) is 5.69 Å². The normalized spacial score (nSPS) is 13.4. The van der Waals surface area contributed by atoms with Crippen molar-refractivity contribution in [3.05, 3.63) is 42.2 Å². The number of ether oxygens (including phenoxy) is 2. The lowest BCUT2D eigenvalue weighted by atomic mass is 10.2.